The number of nitrogens with zero attached hydrogens (tertiary/aromatic N) is 1. The maximum absolute atomic E-state index is 14.2. The number of ketones is 3. The topological polar surface area (TPSA) is 336 Å². The van der Waals surface area contributed by atoms with Gasteiger partial charge in [-0.2, -0.15) is 0 Å². The number of benzene rings is 3. The van der Waals surface area contributed by atoms with Gasteiger partial charge in [-0.25, -0.2) is 9.59 Å². The van der Waals surface area contributed by atoms with E-state index in [9.17, 15) is 63.3 Å². The van der Waals surface area contributed by atoms with E-state index < -0.39 is 100 Å². The number of hydrogen-bond acceptors (Lipinski definition) is 16. The Balaban J connectivity index is 1.06. The normalized spacial score (nSPS) is 17.5. The van der Waals surface area contributed by atoms with Gasteiger partial charge in [-0.15, -0.1) is 0 Å². The zero-order valence-corrected chi connectivity index (χ0v) is 40.7. The van der Waals surface area contributed by atoms with E-state index in [2.05, 4.69) is 21.3 Å². The molecule has 1 heterocycles. The van der Waals surface area contributed by atoms with Crippen molar-refractivity contribution in [3.05, 3.63) is 93.6 Å². The van der Waals surface area contributed by atoms with E-state index in [-0.39, 0.29) is 103 Å². The van der Waals surface area contributed by atoms with Crippen molar-refractivity contribution >= 4 is 64.8 Å². The Labute approximate surface area is 419 Å². The number of nitrogens with one attached hydrogen (secondary N) is 4. The summed E-state index contributed by atoms with van der Waals surface area (Å²) in [5.41, 5.74) is 2.84. The van der Waals surface area contributed by atoms with Crippen molar-refractivity contribution < 1.29 is 77.5 Å². The molecule has 0 aromatic heterocycles. The number of aromatic hydroxyl groups is 2. The monoisotopic (exact) mass is 1010 g/mol. The highest BCUT2D eigenvalue weighted by Crippen LogP contribution is 2.52. The molecule has 3 aromatic carbocycles. The minimum absolute atomic E-state index is 0.0138. The number of carbonyl (C=O) groups is 10. The molecule has 0 radical (unpaired) electrons. The van der Waals surface area contributed by atoms with Gasteiger partial charge in [0.2, 0.25) is 23.5 Å². The zero-order valence-electron chi connectivity index (χ0n) is 40.7. The van der Waals surface area contributed by atoms with Crippen LogP contribution in [0.5, 0.6) is 17.2 Å². The number of methoxy groups -OCH3 is 1. The number of nitrogens with two attached hydrogens (primary N) is 1. The van der Waals surface area contributed by atoms with Gasteiger partial charge < -0.3 is 56.5 Å². The van der Waals surface area contributed by atoms with Gasteiger partial charge in [0.1, 0.15) is 48.1 Å². The Hall–Kier alpha value is -7.98. The van der Waals surface area contributed by atoms with Crippen LogP contribution in [0, 0.1) is 5.92 Å². The van der Waals surface area contributed by atoms with Gasteiger partial charge in [0.15, 0.2) is 11.6 Å². The standard InChI is InChI=1S/C51H58N6O16/c1-26(2)42(56-35(60)13-6-5-7-21-57-36(61)18-19-37(57)62)48(68)55-32(11-9-20-53-49(52)69)47(67)54-29-16-14-28(15-17-29)25-72-50(70)73-33-12-8-10-30-39(33)46(66)41-40(43(30)63)44(64)31-23-51(71-4,34(59)24-58)22-27(3)38(31)45(41)65/h8,10,12,14-19,26-27,32,42,58,64-65H,5-7,9,11,13,20-25H2,1-4H3,(H,54,67)(H,55,68)(H,56,60)(H3,52,53,69)/t27-,32-,42-,51+/m0/s1. The summed E-state index contributed by atoms with van der Waals surface area (Å²) >= 11 is 0. The SMILES string of the molecule is CO[C@@]1(C(=O)CO)Cc2c(O)c3c(c(O)c2[C@@H](C)C1)C(=O)c1c(OC(=O)OCc2ccc(NC(=O)[C@H](CCCNC(N)=O)NC(=O)[C@@H](NC(=O)CCCCCN4C(=O)C=CC4=O)C(C)C)cc2)cccc1C3=O. The first-order valence-electron chi connectivity index (χ1n) is 23.6. The third-order valence-corrected chi connectivity index (χ3v) is 13.0. The van der Waals surface area contributed by atoms with Crippen LogP contribution in [0.3, 0.4) is 0 Å². The molecular formula is C51H58N6O16. The summed E-state index contributed by atoms with van der Waals surface area (Å²) in [4.78, 5) is 130. The van der Waals surface area contributed by atoms with E-state index in [4.69, 9.17) is 19.9 Å². The molecule has 3 aliphatic rings. The van der Waals surface area contributed by atoms with Gasteiger partial charge in [-0.3, -0.25) is 43.3 Å². The minimum Gasteiger partial charge on any atom is -0.507 e. The second-order valence-electron chi connectivity index (χ2n) is 18.3. The summed E-state index contributed by atoms with van der Waals surface area (Å²) in [6, 6.07) is 7.00. The number of fused-ring (bicyclic) bond motifs is 3. The first-order chi connectivity index (χ1) is 34.7. The number of urea groups is 1. The second kappa shape index (κ2) is 23.5. The number of phenolic OH excluding ortho intramolecular Hbond substituents is 2. The molecule has 4 atom stereocenters. The summed E-state index contributed by atoms with van der Waals surface area (Å²) in [5.74, 6) is -7.54. The Morgan fingerprint density at radius 3 is 2.18 bits per heavy atom. The van der Waals surface area contributed by atoms with Crippen molar-refractivity contribution in [2.45, 2.75) is 102 Å². The van der Waals surface area contributed by atoms with E-state index in [0.29, 0.717) is 24.8 Å². The molecule has 3 aromatic rings. The van der Waals surface area contributed by atoms with E-state index in [1.54, 1.807) is 20.8 Å². The Bertz CT molecular complexity index is 2740. The number of aliphatic hydroxyl groups excluding tert-OH is 1. The van der Waals surface area contributed by atoms with Crippen LogP contribution in [-0.4, -0.2) is 124 Å². The number of Topliss-reactive ketones (excluding diaryl/α,β-unsaturated/α-hetero) is 1. The zero-order chi connectivity index (χ0) is 53.3. The number of primary amides is 1. The molecule has 73 heavy (non-hydrogen) atoms. The van der Waals surface area contributed by atoms with Crippen LogP contribution in [0.2, 0.25) is 0 Å². The summed E-state index contributed by atoms with van der Waals surface area (Å²) in [6.07, 6.45) is 2.69. The van der Waals surface area contributed by atoms with E-state index in [1.807, 2.05) is 0 Å². The summed E-state index contributed by atoms with van der Waals surface area (Å²) in [7, 11) is 1.27. The number of unbranched alkanes of at least 4 members (excludes halogenated alkanes) is 2. The molecule has 22 nitrogen and oxygen atoms in total. The number of carbonyl (C=O) groups excluding carboxylic acids is 10. The van der Waals surface area contributed by atoms with Gasteiger partial charge in [0.25, 0.3) is 11.8 Å². The van der Waals surface area contributed by atoms with Gasteiger partial charge in [0.05, 0.1) is 16.7 Å². The molecular weight excluding hydrogens is 953 g/mol. The summed E-state index contributed by atoms with van der Waals surface area (Å²) in [6.45, 7) is 4.20. The van der Waals surface area contributed by atoms with Crippen LogP contribution in [0.1, 0.15) is 120 Å². The van der Waals surface area contributed by atoms with Gasteiger partial charge >= 0.3 is 12.2 Å². The van der Waals surface area contributed by atoms with Crippen molar-refractivity contribution in [2.24, 2.45) is 11.7 Å². The lowest BCUT2D eigenvalue weighted by molar-refractivity contribution is -0.146. The van der Waals surface area contributed by atoms with Crippen LogP contribution >= 0.6 is 0 Å². The predicted molar refractivity (Wildman–Crippen MR) is 257 cm³/mol. The van der Waals surface area contributed by atoms with Crippen LogP contribution in [-0.2, 0) is 51.3 Å². The lowest BCUT2D eigenvalue weighted by Crippen LogP contribution is -2.54. The highest BCUT2D eigenvalue weighted by atomic mass is 16.7. The molecule has 7 amide bonds. The van der Waals surface area contributed by atoms with Crippen LogP contribution < -0.4 is 31.7 Å². The van der Waals surface area contributed by atoms with Gasteiger partial charge in [0, 0.05) is 67.6 Å². The van der Waals surface area contributed by atoms with E-state index in [0.717, 1.165) is 4.90 Å². The number of hydrogen-bond donors (Lipinski definition) is 8. The molecule has 0 unspecified atom stereocenters. The Morgan fingerprint density at radius 2 is 1.53 bits per heavy atom. The Morgan fingerprint density at radius 1 is 0.849 bits per heavy atom. The highest BCUT2D eigenvalue weighted by Gasteiger charge is 2.49. The molecule has 0 saturated heterocycles. The molecule has 0 bridgehead atoms. The molecule has 9 N–H and O–H groups in total. The molecule has 22 heteroatoms. The maximum atomic E-state index is 14.2. The lowest BCUT2D eigenvalue weighted by atomic mass is 9.69. The van der Waals surface area contributed by atoms with Crippen molar-refractivity contribution in [3.63, 3.8) is 0 Å². The highest BCUT2D eigenvalue weighted by molar-refractivity contribution is 6.31. The molecule has 0 spiro atoms. The van der Waals surface area contributed by atoms with Crippen molar-refractivity contribution in [2.75, 3.05) is 32.1 Å². The number of phenols is 2. The third kappa shape index (κ3) is 12.2. The fourth-order valence-electron chi connectivity index (χ4n) is 9.21. The first-order valence-corrected chi connectivity index (χ1v) is 23.6. The Kier molecular flexibility index (Phi) is 17.5. The molecule has 0 saturated carbocycles. The molecule has 1 aliphatic heterocycles. The van der Waals surface area contributed by atoms with Crippen molar-refractivity contribution in [1.82, 2.24) is 20.9 Å². The quantitative estimate of drug-likeness (QED) is 0.0184. The number of amides is 7. The maximum Gasteiger partial charge on any atom is 0.514 e. The number of imide groups is 1. The number of aliphatic hydroxyl groups is 1. The molecule has 0 fully saturated rings. The van der Waals surface area contributed by atoms with Gasteiger partial charge in [-0.05, 0) is 67.7 Å². The average Bonchev–Trinajstić information content (AvgIpc) is 3.68. The largest absolute Gasteiger partial charge is 0.514 e. The van der Waals surface area contributed by atoms with E-state index >= 15 is 0 Å². The summed E-state index contributed by atoms with van der Waals surface area (Å²) in [5, 5.41) is 43.3. The van der Waals surface area contributed by atoms with Crippen LogP contribution in [0.4, 0.5) is 15.3 Å². The molecule has 388 valence electrons. The number of rotatable bonds is 22. The number of ether oxygens (including phenoxy) is 3. The first kappa shape index (κ1) is 54.4. The fraction of sp³-hybridized carbons (Fsp3) is 0.412. The van der Waals surface area contributed by atoms with E-state index in [1.165, 1.54) is 61.7 Å². The minimum atomic E-state index is -1.57. The third-order valence-electron chi connectivity index (χ3n) is 13.0. The van der Waals surface area contributed by atoms with Crippen molar-refractivity contribution in [3.8, 4) is 17.2 Å². The average molecular weight is 1010 g/mol. The second-order valence-corrected chi connectivity index (χ2v) is 18.3. The lowest BCUT2D eigenvalue weighted by Gasteiger charge is -2.40. The predicted octanol–water partition coefficient (Wildman–Crippen LogP) is 3.08. The molecule has 6 rings (SSSR count). The van der Waals surface area contributed by atoms with Crippen LogP contribution in [0.25, 0.3) is 0 Å². The molecule has 2 aliphatic carbocycles. The van der Waals surface area contributed by atoms with Gasteiger partial charge in [-0.1, -0.05) is 51.5 Å². The summed E-state index contributed by atoms with van der Waals surface area (Å²) < 4.78 is 16.3. The van der Waals surface area contributed by atoms with Crippen molar-refractivity contribution in [1.29, 1.82) is 0 Å². The number of anilines is 1. The fourth-order valence-corrected chi connectivity index (χ4v) is 9.21. The smallest absolute Gasteiger partial charge is 0.507 e. The van der Waals surface area contributed by atoms with Crippen LogP contribution in [0.15, 0.2) is 54.6 Å².